The van der Waals surface area contributed by atoms with E-state index in [1.165, 1.54) is 11.8 Å². The lowest BCUT2D eigenvalue weighted by molar-refractivity contribution is -0.120. The minimum atomic E-state index is -0.138. The normalized spacial score (nSPS) is 11.9. The first kappa shape index (κ1) is 17.2. The molecule has 2 rings (SSSR count). The third kappa shape index (κ3) is 5.91. The lowest BCUT2D eigenvalue weighted by atomic mass is 10.4. The number of halogens is 1. The zero-order chi connectivity index (χ0) is 15.8. The number of nitrogens with zero attached hydrogens (tertiary/aromatic N) is 1. The Morgan fingerprint density at radius 2 is 2.05 bits per heavy atom. The van der Waals surface area contributed by atoms with E-state index in [9.17, 15) is 4.79 Å². The van der Waals surface area contributed by atoms with Crippen LogP contribution in [0.4, 0.5) is 0 Å². The number of rotatable bonds is 7. The van der Waals surface area contributed by atoms with E-state index in [4.69, 9.17) is 11.6 Å². The van der Waals surface area contributed by atoms with Gasteiger partial charge in [0.25, 0.3) is 0 Å². The Morgan fingerprint density at radius 3 is 2.73 bits per heavy atom. The fourth-order valence-electron chi connectivity index (χ4n) is 1.68. The van der Waals surface area contributed by atoms with Gasteiger partial charge in [-0.2, -0.15) is 0 Å². The van der Waals surface area contributed by atoms with E-state index in [-0.39, 0.29) is 11.2 Å². The third-order valence-corrected chi connectivity index (χ3v) is 5.09. The summed E-state index contributed by atoms with van der Waals surface area (Å²) < 4.78 is 0. The van der Waals surface area contributed by atoms with Crippen molar-refractivity contribution in [1.82, 2.24) is 10.3 Å². The van der Waals surface area contributed by atoms with Crippen LogP contribution in [0.1, 0.15) is 6.92 Å². The Morgan fingerprint density at radius 1 is 1.27 bits per heavy atom. The van der Waals surface area contributed by atoms with Gasteiger partial charge in [0.15, 0.2) is 0 Å². The maximum Gasteiger partial charge on any atom is 0.233 e. The summed E-state index contributed by atoms with van der Waals surface area (Å²) in [5.41, 5.74) is 0. The number of hydrogen-bond donors (Lipinski definition) is 1. The van der Waals surface area contributed by atoms with Crippen LogP contribution in [0.2, 0.25) is 5.02 Å². The zero-order valence-corrected chi connectivity index (χ0v) is 14.5. The zero-order valence-electron chi connectivity index (χ0n) is 12.2. The topological polar surface area (TPSA) is 42.0 Å². The molecule has 2 aromatic rings. The lowest BCUT2D eigenvalue weighted by Gasteiger charge is -2.11. The number of thioether (sulfide) groups is 2. The standard InChI is InChI=1S/C16H17ClN2OS2/c1-12(22-14-7-5-13(17)6-8-14)16(20)19-10-11-21-15-4-2-3-9-18-15/h2-9,12H,10-11H2,1H3,(H,19,20)/t12-/m1/s1. The summed E-state index contributed by atoms with van der Waals surface area (Å²) in [6.45, 7) is 2.53. The van der Waals surface area contributed by atoms with E-state index in [1.54, 1.807) is 18.0 Å². The van der Waals surface area contributed by atoms with Gasteiger partial charge in [0.2, 0.25) is 5.91 Å². The highest BCUT2D eigenvalue weighted by molar-refractivity contribution is 8.00. The van der Waals surface area contributed by atoms with Crippen LogP contribution >= 0.6 is 35.1 Å². The SMILES string of the molecule is C[C@@H](Sc1ccc(Cl)cc1)C(=O)NCCSc1ccccn1. The molecule has 1 amide bonds. The molecule has 1 aromatic carbocycles. The molecule has 0 aliphatic carbocycles. The maximum atomic E-state index is 12.0. The van der Waals surface area contributed by atoms with Gasteiger partial charge in [-0.1, -0.05) is 17.7 Å². The summed E-state index contributed by atoms with van der Waals surface area (Å²) >= 11 is 9.01. The second kappa shape index (κ2) is 9.08. The molecule has 0 saturated heterocycles. The minimum Gasteiger partial charge on any atom is -0.354 e. The van der Waals surface area contributed by atoms with Gasteiger partial charge in [-0.3, -0.25) is 4.79 Å². The van der Waals surface area contributed by atoms with Crippen LogP contribution in [0.3, 0.4) is 0 Å². The molecule has 0 aliphatic heterocycles. The molecule has 0 unspecified atom stereocenters. The van der Waals surface area contributed by atoms with E-state index in [1.807, 2.05) is 49.4 Å². The van der Waals surface area contributed by atoms with Crippen LogP contribution in [-0.4, -0.2) is 28.4 Å². The first-order valence-corrected chi connectivity index (χ1v) is 9.13. The molecule has 1 atom stereocenters. The molecule has 1 N–H and O–H groups in total. The van der Waals surface area contributed by atoms with Gasteiger partial charge in [0.1, 0.15) is 0 Å². The van der Waals surface area contributed by atoms with Crippen molar-refractivity contribution >= 4 is 41.0 Å². The minimum absolute atomic E-state index is 0.0431. The van der Waals surface area contributed by atoms with Crippen LogP contribution in [0.15, 0.2) is 58.6 Å². The summed E-state index contributed by atoms with van der Waals surface area (Å²) in [5, 5.41) is 4.49. The molecular formula is C16H17ClN2OS2. The lowest BCUT2D eigenvalue weighted by Crippen LogP contribution is -2.32. The third-order valence-electron chi connectivity index (χ3n) is 2.78. The van der Waals surface area contributed by atoms with Gasteiger partial charge in [0.05, 0.1) is 10.3 Å². The van der Waals surface area contributed by atoms with Gasteiger partial charge in [0, 0.05) is 28.4 Å². The summed E-state index contributed by atoms with van der Waals surface area (Å²) in [7, 11) is 0. The van der Waals surface area contributed by atoms with E-state index >= 15 is 0 Å². The van der Waals surface area contributed by atoms with Crippen LogP contribution < -0.4 is 5.32 Å². The second-order valence-electron chi connectivity index (χ2n) is 4.52. The van der Waals surface area contributed by atoms with Crippen LogP contribution in [0, 0.1) is 0 Å². The van der Waals surface area contributed by atoms with Gasteiger partial charge in [-0.25, -0.2) is 4.98 Å². The molecule has 0 fully saturated rings. The first-order chi connectivity index (χ1) is 10.6. The van der Waals surface area contributed by atoms with Crippen LogP contribution in [-0.2, 0) is 4.79 Å². The number of carbonyl (C=O) groups is 1. The average molecular weight is 353 g/mol. The number of aromatic nitrogens is 1. The van der Waals surface area contributed by atoms with Crippen molar-refractivity contribution in [3.05, 3.63) is 53.7 Å². The number of nitrogens with one attached hydrogen (secondary N) is 1. The highest BCUT2D eigenvalue weighted by Gasteiger charge is 2.13. The number of carbonyl (C=O) groups excluding carboxylic acids is 1. The molecule has 6 heteroatoms. The fraction of sp³-hybridized carbons (Fsp3) is 0.250. The number of pyridine rings is 1. The summed E-state index contributed by atoms with van der Waals surface area (Å²) in [6, 6.07) is 13.3. The van der Waals surface area contributed by atoms with Crippen LogP contribution in [0.25, 0.3) is 0 Å². The molecular weight excluding hydrogens is 336 g/mol. The number of hydrogen-bond acceptors (Lipinski definition) is 4. The molecule has 22 heavy (non-hydrogen) atoms. The molecule has 116 valence electrons. The maximum absolute atomic E-state index is 12.0. The van der Waals surface area contributed by atoms with Gasteiger partial charge >= 0.3 is 0 Å². The Kier molecular flexibility index (Phi) is 7.09. The van der Waals surface area contributed by atoms with E-state index in [2.05, 4.69) is 10.3 Å². The Balaban J connectivity index is 1.69. The summed E-state index contributed by atoms with van der Waals surface area (Å²) in [5.74, 6) is 0.850. The first-order valence-electron chi connectivity index (χ1n) is 6.89. The second-order valence-corrected chi connectivity index (χ2v) is 7.49. The van der Waals surface area contributed by atoms with Crippen molar-refractivity contribution < 1.29 is 4.79 Å². The predicted molar refractivity (Wildman–Crippen MR) is 94.7 cm³/mol. The number of benzene rings is 1. The Bertz CT molecular complexity index is 593. The molecule has 0 saturated carbocycles. The van der Waals surface area contributed by atoms with Crippen molar-refractivity contribution in [1.29, 1.82) is 0 Å². The predicted octanol–water partition coefficient (Wildman–Crippen LogP) is 4.12. The number of amides is 1. The molecule has 1 heterocycles. The van der Waals surface area contributed by atoms with E-state index < -0.39 is 0 Å². The fourth-order valence-corrected chi connectivity index (χ4v) is 3.42. The van der Waals surface area contributed by atoms with Crippen molar-refractivity contribution in [3.63, 3.8) is 0 Å². The monoisotopic (exact) mass is 352 g/mol. The Labute approximate surface area is 144 Å². The van der Waals surface area contributed by atoms with Crippen molar-refractivity contribution in [2.75, 3.05) is 12.3 Å². The van der Waals surface area contributed by atoms with Gasteiger partial charge in [-0.05, 0) is 43.3 Å². The smallest absolute Gasteiger partial charge is 0.233 e. The van der Waals surface area contributed by atoms with Crippen molar-refractivity contribution in [3.8, 4) is 0 Å². The highest BCUT2D eigenvalue weighted by Crippen LogP contribution is 2.24. The Hall–Kier alpha value is -1.17. The molecule has 0 spiro atoms. The summed E-state index contributed by atoms with van der Waals surface area (Å²) in [6.07, 6.45) is 1.77. The summed E-state index contributed by atoms with van der Waals surface area (Å²) in [4.78, 5) is 17.3. The average Bonchev–Trinajstić information content (AvgIpc) is 2.54. The quantitative estimate of drug-likeness (QED) is 0.601. The molecule has 1 aromatic heterocycles. The molecule has 0 aliphatic rings. The molecule has 0 radical (unpaired) electrons. The molecule has 3 nitrogen and oxygen atoms in total. The van der Waals surface area contributed by atoms with Gasteiger partial charge < -0.3 is 5.32 Å². The van der Waals surface area contributed by atoms with Crippen LogP contribution in [0.5, 0.6) is 0 Å². The largest absolute Gasteiger partial charge is 0.354 e. The van der Waals surface area contributed by atoms with Crippen molar-refractivity contribution in [2.24, 2.45) is 0 Å². The van der Waals surface area contributed by atoms with E-state index in [0.717, 1.165) is 15.7 Å². The van der Waals surface area contributed by atoms with Gasteiger partial charge in [-0.15, -0.1) is 23.5 Å². The van der Waals surface area contributed by atoms with Crippen molar-refractivity contribution in [2.45, 2.75) is 22.1 Å². The highest BCUT2D eigenvalue weighted by atomic mass is 35.5. The molecule has 0 bridgehead atoms. The van der Waals surface area contributed by atoms with E-state index in [0.29, 0.717) is 11.6 Å².